The molecule has 1 fully saturated rings. The minimum atomic E-state index is 0.479. The van der Waals surface area contributed by atoms with Crippen molar-refractivity contribution in [3.8, 4) is 0 Å². The summed E-state index contributed by atoms with van der Waals surface area (Å²) in [7, 11) is 0. The number of hydrogen-bond donors (Lipinski definition) is 2. The van der Waals surface area contributed by atoms with E-state index in [1.54, 1.807) is 6.20 Å². The summed E-state index contributed by atoms with van der Waals surface area (Å²) >= 11 is 6.17. The number of aromatic nitrogens is 2. The highest BCUT2D eigenvalue weighted by molar-refractivity contribution is 6.32. The number of nitrogens with zero attached hydrogens (tertiary/aromatic N) is 2. The number of hydrogen-bond acceptors (Lipinski definition) is 4. The van der Waals surface area contributed by atoms with Crippen LogP contribution in [0.4, 0.5) is 11.8 Å². The van der Waals surface area contributed by atoms with E-state index in [1.807, 2.05) is 6.92 Å². The Kier molecular flexibility index (Phi) is 5.25. The lowest BCUT2D eigenvalue weighted by atomic mass is 10.0. The monoisotopic (exact) mass is 282 g/mol. The molecule has 0 aromatic carbocycles. The summed E-state index contributed by atoms with van der Waals surface area (Å²) in [6.45, 7) is 5.17. The number of halogens is 1. The third-order valence-electron chi connectivity index (χ3n) is 3.68. The Morgan fingerprint density at radius 1 is 1.32 bits per heavy atom. The van der Waals surface area contributed by atoms with Crippen molar-refractivity contribution in [1.82, 2.24) is 9.97 Å². The van der Waals surface area contributed by atoms with Crippen molar-refractivity contribution in [2.24, 2.45) is 5.92 Å². The summed E-state index contributed by atoms with van der Waals surface area (Å²) in [5, 5.41) is 7.19. The van der Waals surface area contributed by atoms with Crippen LogP contribution in [0, 0.1) is 5.92 Å². The van der Waals surface area contributed by atoms with Crippen LogP contribution in [0.3, 0.4) is 0 Å². The fourth-order valence-electron chi connectivity index (χ4n) is 2.54. The molecule has 19 heavy (non-hydrogen) atoms. The van der Waals surface area contributed by atoms with Gasteiger partial charge in [0.05, 0.1) is 6.20 Å². The number of anilines is 2. The highest BCUT2D eigenvalue weighted by Gasteiger charge is 2.17. The van der Waals surface area contributed by atoms with Crippen molar-refractivity contribution >= 4 is 23.4 Å². The summed E-state index contributed by atoms with van der Waals surface area (Å²) in [5.41, 5.74) is 0. The van der Waals surface area contributed by atoms with Crippen LogP contribution in [0.15, 0.2) is 6.20 Å². The highest BCUT2D eigenvalue weighted by atomic mass is 35.5. The summed E-state index contributed by atoms with van der Waals surface area (Å²) < 4.78 is 0. The fraction of sp³-hybridized carbons (Fsp3) is 0.714. The average Bonchev–Trinajstić information content (AvgIpc) is 2.59. The zero-order chi connectivity index (χ0) is 13.7. The van der Waals surface area contributed by atoms with Crippen LogP contribution in [0.25, 0.3) is 0 Å². The summed E-state index contributed by atoms with van der Waals surface area (Å²) in [6.07, 6.45) is 7.94. The van der Waals surface area contributed by atoms with E-state index in [1.165, 1.54) is 32.1 Å². The second-order valence-electron chi connectivity index (χ2n) is 5.38. The predicted molar refractivity (Wildman–Crippen MR) is 80.9 cm³/mol. The van der Waals surface area contributed by atoms with Crippen molar-refractivity contribution in [2.75, 3.05) is 17.2 Å². The predicted octanol–water partition coefficient (Wildman–Crippen LogP) is 3.94. The third-order valence-corrected chi connectivity index (χ3v) is 3.95. The van der Waals surface area contributed by atoms with Gasteiger partial charge in [0.2, 0.25) is 5.95 Å². The molecule has 0 saturated heterocycles. The zero-order valence-corrected chi connectivity index (χ0v) is 12.5. The van der Waals surface area contributed by atoms with Gasteiger partial charge in [0.15, 0.2) is 5.82 Å². The molecule has 106 valence electrons. The van der Waals surface area contributed by atoms with Gasteiger partial charge in [0.1, 0.15) is 5.02 Å². The second kappa shape index (κ2) is 6.94. The normalized spacial score (nSPS) is 23.7. The van der Waals surface area contributed by atoms with E-state index in [0.29, 0.717) is 17.0 Å². The fourth-order valence-corrected chi connectivity index (χ4v) is 2.68. The lowest BCUT2D eigenvalue weighted by Crippen LogP contribution is -2.20. The summed E-state index contributed by atoms with van der Waals surface area (Å²) in [4.78, 5) is 8.60. The van der Waals surface area contributed by atoms with E-state index in [0.717, 1.165) is 18.3 Å². The molecule has 2 unspecified atom stereocenters. The molecule has 4 nitrogen and oxygen atoms in total. The standard InChI is InChI=1S/C14H23ClN4/c1-3-16-14-17-9-12(15)13(19-14)18-11-6-4-5-10(2)7-8-11/h9-11H,3-8H2,1-2H3,(H2,16,17,18,19). The molecular formula is C14H23ClN4. The SMILES string of the molecule is CCNc1ncc(Cl)c(NC2CCCC(C)CC2)n1. The van der Waals surface area contributed by atoms with Gasteiger partial charge in [-0.15, -0.1) is 0 Å². The second-order valence-corrected chi connectivity index (χ2v) is 5.78. The molecule has 1 saturated carbocycles. The maximum Gasteiger partial charge on any atom is 0.224 e. The summed E-state index contributed by atoms with van der Waals surface area (Å²) in [5.74, 6) is 2.23. The smallest absolute Gasteiger partial charge is 0.224 e. The van der Waals surface area contributed by atoms with Gasteiger partial charge >= 0.3 is 0 Å². The first-order valence-corrected chi connectivity index (χ1v) is 7.59. The molecule has 1 heterocycles. The van der Waals surface area contributed by atoms with Crippen LogP contribution in [0.1, 0.15) is 46.0 Å². The molecule has 1 aliphatic rings. The van der Waals surface area contributed by atoms with Crippen LogP contribution in [-0.2, 0) is 0 Å². The summed E-state index contributed by atoms with van der Waals surface area (Å²) in [6, 6.07) is 0.479. The Morgan fingerprint density at radius 2 is 2.16 bits per heavy atom. The largest absolute Gasteiger partial charge is 0.366 e. The van der Waals surface area contributed by atoms with Gasteiger partial charge in [0, 0.05) is 12.6 Å². The van der Waals surface area contributed by atoms with E-state index in [4.69, 9.17) is 11.6 Å². The van der Waals surface area contributed by atoms with Crippen LogP contribution in [0.2, 0.25) is 5.02 Å². The van der Waals surface area contributed by atoms with E-state index in [9.17, 15) is 0 Å². The van der Waals surface area contributed by atoms with Gasteiger partial charge in [-0.1, -0.05) is 31.4 Å². The molecule has 5 heteroatoms. The van der Waals surface area contributed by atoms with Crippen molar-refractivity contribution < 1.29 is 0 Å². The molecule has 1 aromatic rings. The topological polar surface area (TPSA) is 49.8 Å². The average molecular weight is 283 g/mol. The molecule has 1 aliphatic carbocycles. The van der Waals surface area contributed by atoms with Crippen LogP contribution in [-0.4, -0.2) is 22.6 Å². The molecule has 0 radical (unpaired) electrons. The van der Waals surface area contributed by atoms with Gasteiger partial charge in [-0.2, -0.15) is 4.98 Å². The quantitative estimate of drug-likeness (QED) is 0.821. The molecule has 2 atom stereocenters. The van der Waals surface area contributed by atoms with E-state index in [2.05, 4.69) is 27.5 Å². The first-order chi connectivity index (χ1) is 9.19. The Balaban J connectivity index is 2.02. The Labute approximate surface area is 120 Å². The van der Waals surface area contributed by atoms with Crippen molar-refractivity contribution in [1.29, 1.82) is 0 Å². The minimum absolute atomic E-state index is 0.479. The number of rotatable bonds is 4. The minimum Gasteiger partial charge on any atom is -0.366 e. The van der Waals surface area contributed by atoms with Crippen molar-refractivity contribution in [2.45, 2.75) is 52.0 Å². The van der Waals surface area contributed by atoms with Gasteiger partial charge in [-0.05, 0) is 32.1 Å². The van der Waals surface area contributed by atoms with Gasteiger partial charge < -0.3 is 10.6 Å². The third kappa shape index (κ3) is 4.23. The highest BCUT2D eigenvalue weighted by Crippen LogP contribution is 2.27. The first kappa shape index (κ1) is 14.4. The van der Waals surface area contributed by atoms with E-state index < -0.39 is 0 Å². The van der Waals surface area contributed by atoms with Crippen LogP contribution in [0.5, 0.6) is 0 Å². The first-order valence-electron chi connectivity index (χ1n) is 7.22. The Hall–Kier alpha value is -1.03. The van der Waals surface area contributed by atoms with Crippen LogP contribution >= 0.6 is 11.6 Å². The van der Waals surface area contributed by atoms with Crippen molar-refractivity contribution in [3.05, 3.63) is 11.2 Å². The molecule has 0 aliphatic heterocycles. The number of nitrogens with one attached hydrogen (secondary N) is 2. The van der Waals surface area contributed by atoms with Crippen molar-refractivity contribution in [3.63, 3.8) is 0 Å². The molecule has 0 bridgehead atoms. The lowest BCUT2D eigenvalue weighted by molar-refractivity contribution is 0.502. The van der Waals surface area contributed by atoms with Gasteiger partial charge in [-0.3, -0.25) is 0 Å². The molecule has 0 spiro atoms. The maximum atomic E-state index is 6.17. The molecule has 1 aromatic heterocycles. The maximum absolute atomic E-state index is 6.17. The molecular weight excluding hydrogens is 260 g/mol. The van der Waals surface area contributed by atoms with Gasteiger partial charge in [0.25, 0.3) is 0 Å². The zero-order valence-electron chi connectivity index (χ0n) is 11.7. The van der Waals surface area contributed by atoms with E-state index >= 15 is 0 Å². The molecule has 2 rings (SSSR count). The Morgan fingerprint density at radius 3 is 2.95 bits per heavy atom. The molecule has 2 N–H and O–H groups in total. The van der Waals surface area contributed by atoms with Gasteiger partial charge in [-0.25, -0.2) is 4.98 Å². The Bertz CT molecular complexity index is 410. The molecule has 0 amide bonds. The van der Waals surface area contributed by atoms with E-state index in [-0.39, 0.29) is 0 Å². The van der Waals surface area contributed by atoms with Crippen LogP contribution < -0.4 is 10.6 Å². The lowest BCUT2D eigenvalue weighted by Gasteiger charge is -2.18.